The predicted octanol–water partition coefficient (Wildman–Crippen LogP) is 1.60. The standard InChI is InChI=1S/C14H25N5O.HI/c1-4-20-10-6-9-17-14(15)18-11-12-7-5-8-16-13(12)19(2)3;/h5,7-8H,4,6,9-11H2,1-3H3,(H3,15,17,18);1H. The summed E-state index contributed by atoms with van der Waals surface area (Å²) in [6.07, 6.45) is 2.69. The Morgan fingerprint density at radius 3 is 2.90 bits per heavy atom. The molecule has 0 aromatic carbocycles. The molecule has 0 spiro atoms. The van der Waals surface area contributed by atoms with Crippen LogP contribution in [0.2, 0.25) is 0 Å². The number of halogens is 1. The maximum atomic E-state index is 5.83. The second kappa shape index (κ2) is 11.6. The fraction of sp³-hybridized carbons (Fsp3) is 0.571. The number of ether oxygens (including phenoxy) is 1. The lowest BCUT2D eigenvalue weighted by molar-refractivity contribution is 0.145. The van der Waals surface area contributed by atoms with E-state index in [2.05, 4.69) is 15.3 Å². The Bertz CT molecular complexity index is 426. The zero-order valence-corrected chi connectivity index (χ0v) is 15.3. The number of nitrogens with two attached hydrogens (primary N) is 1. The average molecular weight is 407 g/mol. The van der Waals surface area contributed by atoms with E-state index in [1.807, 2.05) is 38.1 Å². The molecular formula is C14H26IN5O. The van der Waals surface area contributed by atoms with Gasteiger partial charge in [-0.2, -0.15) is 0 Å². The number of hydrogen-bond acceptors (Lipinski definition) is 4. The summed E-state index contributed by atoms with van der Waals surface area (Å²) in [6.45, 7) is 4.76. The highest BCUT2D eigenvalue weighted by atomic mass is 127. The Labute approximate surface area is 144 Å². The van der Waals surface area contributed by atoms with E-state index in [4.69, 9.17) is 10.5 Å². The van der Waals surface area contributed by atoms with E-state index >= 15 is 0 Å². The molecule has 6 nitrogen and oxygen atoms in total. The van der Waals surface area contributed by atoms with Crippen LogP contribution in [0.5, 0.6) is 0 Å². The minimum absolute atomic E-state index is 0. The van der Waals surface area contributed by atoms with Crippen LogP contribution < -0.4 is 16.0 Å². The Balaban J connectivity index is 0.00000400. The second-order valence-corrected chi connectivity index (χ2v) is 4.56. The Morgan fingerprint density at radius 2 is 2.24 bits per heavy atom. The monoisotopic (exact) mass is 407 g/mol. The van der Waals surface area contributed by atoms with Crippen molar-refractivity contribution >= 4 is 35.8 Å². The number of anilines is 1. The van der Waals surface area contributed by atoms with Gasteiger partial charge in [-0.3, -0.25) is 0 Å². The first-order chi connectivity index (χ1) is 9.65. The van der Waals surface area contributed by atoms with Gasteiger partial charge in [-0.15, -0.1) is 24.0 Å². The van der Waals surface area contributed by atoms with Gasteiger partial charge in [-0.05, 0) is 19.4 Å². The van der Waals surface area contributed by atoms with Crippen LogP contribution in [-0.4, -0.2) is 44.8 Å². The molecular weight excluding hydrogens is 381 g/mol. The Kier molecular flexibility index (Phi) is 11.0. The smallest absolute Gasteiger partial charge is 0.188 e. The summed E-state index contributed by atoms with van der Waals surface area (Å²) in [5.41, 5.74) is 6.88. The maximum absolute atomic E-state index is 5.83. The van der Waals surface area contributed by atoms with Crippen LogP contribution in [0, 0.1) is 0 Å². The van der Waals surface area contributed by atoms with Crippen LogP contribution in [0.25, 0.3) is 0 Å². The molecule has 0 aliphatic carbocycles. The summed E-state index contributed by atoms with van der Waals surface area (Å²) >= 11 is 0. The highest BCUT2D eigenvalue weighted by Gasteiger charge is 2.04. The van der Waals surface area contributed by atoms with Crippen molar-refractivity contribution in [3.05, 3.63) is 23.9 Å². The number of hydrogen-bond donors (Lipinski definition) is 2. The SMILES string of the molecule is CCOCCCNC(N)=NCc1cccnc1N(C)C.I. The summed E-state index contributed by atoms with van der Waals surface area (Å²) in [5, 5.41) is 3.07. The van der Waals surface area contributed by atoms with Crippen molar-refractivity contribution in [1.82, 2.24) is 10.3 Å². The maximum Gasteiger partial charge on any atom is 0.188 e. The molecule has 1 rings (SSSR count). The number of rotatable bonds is 8. The van der Waals surface area contributed by atoms with E-state index in [0.29, 0.717) is 12.5 Å². The molecule has 0 aliphatic heterocycles. The summed E-state index contributed by atoms with van der Waals surface area (Å²) in [4.78, 5) is 10.6. The molecule has 0 bridgehead atoms. The van der Waals surface area contributed by atoms with Crippen LogP contribution in [-0.2, 0) is 11.3 Å². The molecule has 21 heavy (non-hydrogen) atoms. The van der Waals surface area contributed by atoms with Crippen LogP contribution in [0.4, 0.5) is 5.82 Å². The van der Waals surface area contributed by atoms with Crippen LogP contribution in [0.3, 0.4) is 0 Å². The van der Waals surface area contributed by atoms with Gasteiger partial charge < -0.3 is 20.7 Å². The highest BCUT2D eigenvalue weighted by molar-refractivity contribution is 14.0. The van der Waals surface area contributed by atoms with Crippen LogP contribution in [0.15, 0.2) is 23.3 Å². The molecule has 0 unspecified atom stereocenters. The molecule has 0 amide bonds. The first-order valence-corrected chi connectivity index (χ1v) is 6.88. The number of nitrogens with zero attached hydrogens (tertiary/aromatic N) is 3. The van der Waals surface area contributed by atoms with Gasteiger partial charge in [0.25, 0.3) is 0 Å². The zero-order valence-electron chi connectivity index (χ0n) is 13.0. The molecule has 0 saturated heterocycles. The summed E-state index contributed by atoms with van der Waals surface area (Å²) < 4.78 is 5.25. The van der Waals surface area contributed by atoms with Crippen LogP contribution in [0.1, 0.15) is 18.9 Å². The number of guanidine groups is 1. The van der Waals surface area contributed by atoms with E-state index in [1.165, 1.54) is 0 Å². The number of pyridine rings is 1. The van der Waals surface area contributed by atoms with Gasteiger partial charge in [0.1, 0.15) is 5.82 Å². The number of nitrogens with one attached hydrogen (secondary N) is 1. The van der Waals surface area contributed by atoms with Crippen molar-refractivity contribution in [1.29, 1.82) is 0 Å². The molecule has 0 saturated carbocycles. The van der Waals surface area contributed by atoms with Gasteiger partial charge in [0.2, 0.25) is 0 Å². The molecule has 1 heterocycles. The first kappa shape index (κ1) is 19.9. The van der Waals surface area contributed by atoms with Crippen molar-refractivity contribution in [3.63, 3.8) is 0 Å². The minimum Gasteiger partial charge on any atom is -0.382 e. The quantitative estimate of drug-likeness (QED) is 0.296. The number of aromatic nitrogens is 1. The third-order valence-corrected chi connectivity index (χ3v) is 2.69. The largest absolute Gasteiger partial charge is 0.382 e. The molecule has 1 aromatic heterocycles. The van der Waals surface area contributed by atoms with Gasteiger partial charge in [0.15, 0.2) is 5.96 Å². The second-order valence-electron chi connectivity index (χ2n) is 4.56. The average Bonchev–Trinajstić information content (AvgIpc) is 2.45. The summed E-state index contributed by atoms with van der Waals surface area (Å²) in [5.74, 6) is 1.37. The van der Waals surface area contributed by atoms with Crippen LogP contribution >= 0.6 is 24.0 Å². The van der Waals surface area contributed by atoms with E-state index in [0.717, 1.165) is 37.6 Å². The summed E-state index contributed by atoms with van der Waals surface area (Å²) in [7, 11) is 3.93. The van der Waals surface area contributed by atoms with Crippen molar-refractivity contribution in [2.75, 3.05) is 38.8 Å². The highest BCUT2D eigenvalue weighted by Crippen LogP contribution is 2.14. The molecule has 0 radical (unpaired) electrons. The lowest BCUT2D eigenvalue weighted by Crippen LogP contribution is -2.32. The van der Waals surface area contributed by atoms with E-state index in [9.17, 15) is 0 Å². The molecule has 0 atom stereocenters. The lowest BCUT2D eigenvalue weighted by Gasteiger charge is -2.14. The van der Waals surface area contributed by atoms with E-state index in [-0.39, 0.29) is 24.0 Å². The normalized spacial score (nSPS) is 10.9. The lowest BCUT2D eigenvalue weighted by atomic mass is 10.2. The van der Waals surface area contributed by atoms with Gasteiger partial charge >= 0.3 is 0 Å². The molecule has 1 aromatic rings. The third-order valence-electron chi connectivity index (χ3n) is 2.69. The van der Waals surface area contributed by atoms with Crippen molar-refractivity contribution in [2.45, 2.75) is 19.9 Å². The number of aliphatic imine (C=N–C) groups is 1. The van der Waals surface area contributed by atoms with Gasteiger partial charge in [-0.25, -0.2) is 9.98 Å². The molecule has 0 aliphatic rings. The molecule has 120 valence electrons. The summed E-state index contributed by atoms with van der Waals surface area (Å²) in [6, 6.07) is 3.91. The Morgan fingerprint density at radius 1 is 1.48 bits per heavy atom. The van der Waals surface area contributed by atoms with Gasteiger partial charge in [0, 0.05) is 45.6 Å². The molecule has 0 fully saturated rings. The molecule has 3 N–H and O–H groups in total. The zero-order chi connectivity index (χ0) is 14.8. The van der Waals surface area contributed by atoms with E-state index in [1.54, 1.807) is 6.20 Å². The topological polar surface area (TPSA) is 75.8 Å². The Hall–Kier alpha value is -1.09. The van der Waals surface area contributed by atoms with Gasteiger partial charge in [0.05, 0.1) is 6.54 Å². The van der Waals surface area contributed by atoms with Crippen molar-refractivity contribution < 1.29 is 4.74 Å². The van der Waals surface area contributed by atoms with Crippen molar-refractivity contribution in [3.8, 4) is 0 Å². The third kappa shape index (κ3) is 8.05. The van der Waals surface area contributed by atoms with Gasteiger partial charge in [-0.1, -0.05) is 6.07 Å². The first-order valence-electron chi connectivity index (χ1n) is 6.88. The fourth-order valence-electron chi connectivity index (χ4n) is 1.72. The minimum atomic E-state index is 0. The van der Waals surface area contributed by atoms with Crippen molar-refractivity contribution in [2.24, 2.45) is 10.7 Å². The fourth-order valence-corrected chi connectivity index (χ4v) is 1.72. The molecule has 7 heteroatoms. The predicted molar refractivity (Wildman–Crippen MR) is 98.4 cm³/mol. The van der Waals surface area contributed by atoms with E-state index < -0.39 is 0 Å².